The second kappa shape index (κ2) is 47.5. The smallest absolute Gasteiger partial charge is 0.297 e. The third kappa shape index (κ3) is 22.2. The summed E-state index contributed by atoms with van der Waals surface area (Å²) in [6.07, 6.45) is -135. The van der Waals surface area contributed by atoms with Gasteiger partial charge in [-0.05, 0) is 18.6 Å². The minimum absolute atomic E-state index is 0.173. The topological polar surface area (TPSA) is 962 Å². The van der Waals surface area contributed by atoms with E-state index in [4.69, 9.17) is 123 Å². The predicted octanol–water partition coefficient (Wildman–Crippen LogP) is -24.0. The van der Waals surface area contributed by atoms with Crippen LogP contribution in [0.1, 0.15) is 5.56 Å². The minimum Gasteiger partial charge on any atom is -0.484 e. The van der Waals surface area contributed by atoms with Gasteiger partial charge in [0.15, 0.2) is 81.6 Å². The molecule has 62 nitrogen and oxygen atoms in total. The maximum absolute atomic E-state index is 15.6. The number of hydrogen-bond donors (Lipinski definition) is 34. The lowest BCUT2D eigenvalue weighted by molar-refractivity contribution is -0.403. The van der Waals surface area contributed by atoms with Gasteiger partial charge < -0.3 is 292 Å². The number of aryl methyl sites for hydroxylation is 1. The molecule has 44 fully saturated rings. The predicted molar refractivity (Wildman–Crippen MR) is 427 cm³/mol. The lowest BCUT2D eigenvalue weighted by Crippen LogP contribution is -2.69. The van der Waals surface area contributed by atoms with Gasteiger partial charge in [0.05, 0.1) is 84.2 Å². The molecule has 63 heteroatoms. The summed E-state index contributed by atoms with van der Waals surface area (Å²) < 4.78 is 184. The van der Waals surface area contributed by atoms with E-state index in [1.807, 2.05) is 0 Å². The van der Waals surface area contributed by atoms with Crippen LogP contribution >= 0.6 is 0 Å². The zero-order valence-electron chi connectivity index (χ0n) is 74.4. The lowest BCUT2D eigenvalue weighted by Gasteiger charge is -2.51. The van der Waals surface area contributed by atoms with E-state index in [0.717, 1.165) is 12.1 Å². The second-order valence-electron chi connectivity index (χ2n) is 36.2. The molecule has 0 unspecified atom stereocenters. The molecular formula is C79H124O62S. The van der Waals surface area contributed by atoms with E-state index in [1.165, 1.54) is 6.92 Å². The van der Waals surface area contributed by atoms with E-state index < -0.39 is 469 Å². The van der Waals surface area contributed by atoms with Crippen LogP contribution in [0.4, 0.5) is 0 Å². The number of hydrogen-bond acceptors (Lipinski definition) is 62. The number of ether oxygens (including phenoxy) is 25. The Kier molecular flexibility index (Phi) is 37.7. The molecule has 24 bridgehead atoms. The minimum atomic E-state index is -5.85. The summed E-state index contributed by atoms with van der Waals surface area (Å²) in [5.41, 5.74) is -0.173. The van der Waals surface area contributed by atoms with Crippen molar-refractivity contribution in [2.24, 2.45) is 0 Å². The molecule has 34 N–H and O–H groups in total. The van der Waals surface area contributed by atoms with Crippen LogP contribution in [0.3, 0.4) is 0 Å². The fourth-order valence-electron chi connectivity index (χ4n) is 19.3. The van der Waals surface area contributed by atoms with E-state index in [9.17, 15) is 174 Å². The molecule has 0 spiro atoms. The van der Waals surface area contributed by atoms with Crippen molar-refractivity contribution in [2.45, 2.75) is 380 Å². The largest absolute Gasteiger partial charge is 0.484 e. The van der Waals surface area contributed by atoms with Gasteiger partial charge >= 0.3 is 0 Å². The van der Waals surface area contributed by atoms with Gasteiger partial charge in [-0.15, -0.1) is 0 Å². The molecule has 44 saturated heterocycles. The third-order valence-electron chi connectivity index (χ3n) is 27.2. The maximum Gasteiger partial charge on any atom is 0.297 e. The fraction of sp³-hybridized carbons (Fsp3) is 0.924. The Bertz CT molecular complexity index is 4210. The van der Waals surface area contributed by atoms with Crippen LogP contribution in [-0.2, 0) is 128 Å². The van der Waals surface area contributed by atoms with E-state index in [1.54, 1.807) is 0 Å². The lowest BCUT2D eigenvalue weighted by atomic mass is 9.94. The molecule has 1 aromatic rings. The van der Waals surface area contributed by atoms with Gasteiger partial charge in [-0.2, -0.15) is 8.42 Å². The highest BCUT2D eigenvalue weighted by atomic mass is 32.2. The molecule has 0 amide bonds. The van der Waals surface area contributed by atoms with Crippen molar-refractivity contribution < 1.29 is 305 Å². The molecule has 0 aliphatic carbocycles. The van der Waals surface area contributed by atoms with Crippen LogP contribution in [0.5, 0.6) is 5.75 Å². The molecule has 1 aromatic carbocycles. The Morgan fingerprint density at radius 1 is 0.204 bits per heavy atom. The summed E-state index contributed by atoms with van der Waals surface area (Å²) in [6.45, 7) is -13.5. The van der Waals surface area contributed by atoms with Crippen LogP contribution in [-0.4, -0.2) is 630 Å². The highest BCUT2D eigenvalue weighted by Gasteiger charge is 2.65. The summed E-state index contributed by atoms with van der Waals surface area (Å²) in [5, 5.41) is 391. The van der Waals surface area contributed by atoms with Crippen molar-refractivity contribution in [3.63, 3.8) is 0 Å². The Hall–Kier alpha value is -3.39. The Labute approximate surface area is 801 Å². The highest BCUT2D eigenvalue weighted by Crippen LogP contribution is 2.45. The molecular weight excluding hydrogens is 1970 g/mol. The van der Waals surface area contributed by atoms with Gasteiger partial charge in [0.2, 0.25) is 0 Å². The number of benzene rings is 1. The summed E-state index contributed by atoms with van der Waals surface area (Å²) in [4.78, 5) is -1.10. The van der Waals surface area contributed by atoms with Gasteiger partial charge in [-0.25, -0.2) is 0 Å². The molecule has 45 rings (SSSR count). The van der Waals surface area contributed by atoms with E-state index in [0.29, 0.717) is 6.07 Å². The van der Waals surface area contributed by atoms with Crippen molar-refractivity contribution in [1.82, 2.24) is 0 Å². The molecule has 0 radical (unpaired) electrons. The molecule has 0 aromatic heterocycles. The average Bonchev–Trinajstić information content (AvgIpc) is 0.751. The summed E-state index contributed by atoms with van der Waals surface area (Å²) in [7, 11) is -5.85. The van der Waals surface area contributed by atoms with Crippen molar-refractivity contribution in [3.05, 3.63) is 23.8 Å². The van der Waals surface area contributed by atoms with Gasteiger partial charge in [-0.1, -0.05) is 6.07 Å². The van der Waals surface area contributed by atoms with Crippen LogP contribution in [0.2, 0.25) is 0 Å². The molecule has 142 heavy (non-hydrogen) atoms. The second-order valence-corrected chi connectivity index (χ2v) is 37.8. The first-order valence-electron chi connectivity index (χ1n) is 45.3. The standard InChI is InChI=1S/C79H124O62S/c1-17-2-3-18(4-19(17)116-66-52(112)78-127-30(15-90)64(66)139-76-50(110)40(100)60(26(11-86)125-76)135-72-46(106)36(96)56(22(7-82)121-72)131-68-42(102)32(92)54(20(5-80)117-68)129-70-44(104)34(94)58(24(9-84)119-70)133-74-48(108)38(98)62(137-78)28(13-88)123-74)142(114,115)141-67-53(113)79-128-31(16-91)65(67)140-77-51(111)41(101)61(27(12-87)126-77)136-73-47(107)37(97)57(23(8-83)122-73)132-69-43(103)33(93)55(21(6-81)118-69)130-71-45(105)35(95)59(25(10-85)120-71)134-75-49(109)39(99)63(138-79)29(14-89)124-75/h2-4,20-113H,5-16H2,1H3/t20-,21-,22-,23-,24-,25-,26-,27-,28-,29-,30-,31-,32-,33-,34-,35-,36-,37-,38-,39-,40-,41-,42-,43-,44-,45-,46-,47-,48-,49-,50-,51-,52-,53-,54-,55-,56-,57-,58-,59-,60-,61-,62-,63-,64+,65+,66-,67-,68-,69-,70-,71-,72-,73-,74-,75-,76-,77-,78-,79-/m1/s1. The van der Waals surface area contributed by atoms with Crippen LogP contribution in [0.25, 0.3) is 0 Å². The third-order valence-corrected chi connectivity index (χ3v) is 28.5. The molecule has 60 atom stereocenters. The number of aliphatic hydroxyl groups is 34. The maximum atomic E-state index is 15.6. The van der Waals surface area contributed by atoms with E-state index in [2.05, 4.69) is 0 Å². The van der Waals surface area contributed by atoms with E-state index in [-0.39, 0.29) is 5.56 Å². The van der Waals surface area contributed by atoms with Gasteiger partial charge in [0.1, 0.15) is 293 Å². The Balaban J connectivity index is 0.753. The molecule has 44 aliphatic rings. The van der Waals surface area contributed by atoms with Crippen molar-refractivity contribution in [3.8, 4) is 5.75 Å². The first kappa shape index (κ1) is 113. The first-order valence-corrected chi connectivity index (χ1v) is 46.7. The Morgan fingerprint density at radius 3 is 0.528 bits per heavy atom. The normalized spacial score (nSPS) is 52.5. The molecule has 44 heterocycles. The average molecular weight is 2100 g/mol. The molecule has 818 valence electrons. The van der Waals surface area contributed by atoms with Gasteiger partial charge in [0, 0.05) is 6.07 Å². The first-order chi connectivity index (χ1) is 67.6. The highest BCUT2D eigenvalue weighted by molar-refractivity contribution is 7.86. The SMILES string of the molecule is Cc1ccc(S(=O)(=O)O[C@@H]2[C@@H](O)[C@H]3O[C@H]4[C@H](O)[C@@H](O)[C@@H](O[C@H]5[C@H](O)[C@@H](O)[C@@H](O[C@H]6[C@H](O)[C@@H](O)[C@@H](O[C@H]7[C@H](O)[C@@H](O)[C@@H](O[C@H]8[C@H](O)[C@@H](O)[C@@H](O[C@H]2[C@@H](CO)O3)O[C@@H]8CO)O[C@@H]7CO)O[C@@H]6CO)O[C@@H]5CO)O[C@@H]4CO)cc1O[C@@H]1[C@@H](O)[C@H]2O[C@H]3[C@H](O)[C@@H](O)[C@@H](O[C@H]4[C@H](O)[C@@H](O)[C@@H](O[C@H]5[C@H](O)[C@@H](O)[C@@H](O[C@H]6[C@H](O)[C@@H](O)[C@@H](O[C@H]7[C@H](O)[C@@H](O)[C@@H](O[C@H]1[C@@H](CO)O2)O[C@@H]7CO)O[C@@H]6CO)O[C@@H]5CO)O[C@@H]4CO)O[C@@H]3CO. The van der Waals surface area contributed by atoms with Crippen LogP contribution in [0, 0.1) is 6.92 Å². The fourth-order valence-corrected chi connectivity index (χ4v) is 20.4. The van der Waals surface area contributed by atoms with Crippen LogP contribution in [0.15, 0.2) is 23.1 Å². The summed E-state index contributed by atoms with van der Waals surface area (Å²) >= 11 is 0. The van der Waals surface area contributed by atoms with Crippen molar-refractivity contribution in [1.29, 1.82) is 0 Å². The monoisotopic (exact) mass is 2100 g/mol. The van der Waals surface area contributed by atoms with Crippen molar-refractivity contribution in [2.75, 3.05) is 79.3 Å². The van der Waals surface area contributed by atoms with Crippen LogP contribution < -0.4 is 4.74 Å². The van der Waals surface area contributed by atoms with Gasteiger partial charge in [-0.3, -0.25) is 4.18 Å². The van der Waals surface area contributed by atoms with Gasteiger partial charge in [0.25, 0.3) is 10.1 Å². The quantitative estimate of drug-likeness (QED) is 0.0644. The van der Waals surface area contributed by atoms with Crippen molar-refractivity contribution >= 4 is 10.1 Å². The van der Waals surface area contributed by atoms with E-state index >= 15 is 8.42 Å². The number of aliphatic hydroxyl groups excluding tert-OH is 34. The zero-order chi connectivity index (χ0) is 103. The summed E-state index contributed by atoms with van der Waals surface area (Å²) in [5.74, 6) is -0.737. The zero-order valence-corrected chi connectivity index (χ0v) is 75.2. The Morgan fingerprint density at radius 2 is 0.352 bits per heavy atom. The number of rotatable bonds is 17. The summed E-state index contributed by atoms with van der Waals surface area (Å²) in [6, 6.07) is 2.39. The molecule has 0 saturated carbocycles. The molecule has 44 aliphatic heterocycles.